The number of aromatic nitrogens is 2. The number of H-pyrrole nitrogens is 1. The summed E-state index contributed by atoms with van der Waals surface area (Å²) in [6, 6.07) is 4.60. The minimum atomic E-state index is -0.269. The van der Waals surface area contributed by atoms with E-state index in [0.29, 0.717) is 28.1 Å². The Morgan fingerprint density at radius 3 is 2.63 bits per heavy atom. The maximum Gasteiger partial charge on any atom is 0.321 e. The third-order valence-electron chi connectivity index (χ3n) is 2.40. The standard InChI is InChI=1S/C12H12Cl2N4O/c1-18(7-11-15-2-3-16-11)12(19)17-10-5-8(13)4-9(14)6-10/h2-6H,7H2,1H3,(H,15,16)(H,17,19). The molecular weight excluding hydrogens is 287 g/mol. The number of urea groups is 1. The van der Waals surface area contributed by atoms with Gasteiger partial charge in [-0.25, -0.2) is 9.78 Å². The van der Waals surface area contributed by atoms with Crippen LogP contribution in [0.4, 0.5) is 10.5 Å². The van der Waals surface area contributed by atoms with Crippen LogP contribution in [0.15, 0.2) is 30.6 Å². The summed E-state index contributed by atoms with van der Waals surface area (Å²) in [5.74, 6) is 0.710. The summed E-state index contributed by atoms with van der Waals surface area (Å²) in [5, 5.41) is 3.65. The van der Waals surface area contributed by atoms with Crippen molar-refractivity contribution in [3.63, 3.8) is 0 Å². The van der Waals surface area contributed by atoms with Crippen LogP contribution in [0.3, 0.4) is 0 Å². The Kier molecular flexibility index (Phi) is 4.29. The van der Waals surface area contributed by atoms with Crippen LogP contribution >= 0.6 is 23.2 Å². The summed E-state index contributed by atoms with van der Waals surface area (Å²) >= 11 is 11.7. The smallest absolute Gasteiger partial charge is 0.321 e. The first-order valence-electron chi connectivity index (χ1n) is 5.51. The molecule has 0 spiro atoms. The van der Waals surface area contributed by atoms with Crippen LogP contribution in [0.1, 0.15) is 5.82 Å². The molecule has 0 aliphatic carbocycles. The Hall–Kier alpha value is -1.72. The highest BCUT2D eigenvalue weighted by Crippen LogP contribution is 2.22. The molecular formula is C12H12Cl2N4O. The molecule has 0 fully saturated rings. The predicted octanol–water partition coefficient (Wildman–Crippen LogP) is 3.38. The molecule has 0 atom stereocenters. The molecule has 1 aromatic carbocycles. The van der Waals surface area contributed by atoms with E-state index < -0.39 is 0 Å². The van der Waals surface area contributed by atoms with E-state index in [1.807, 2.05) is 0 Å². The van der Waals surface area contributed by atoms with Gasteiger partial charge in [-0.15, -0.1) is 0 Å². The van der Waals surface area contributed by atoms with E-state index in [1.165, 1.54) is 4.90 Å². The lowest BCUT2D eigenvalue weighted by Crippen LogP contribution is -2.31. The van der Waals surface area contributed by atoms with Crippen LogP contribution in [0.2, 0.25) is 10.0 Å². The average molecular weight is 299 g/mol. The van der Waals surface area contributed by atoms with Crippen molar-refractivity contribution >= 4 is 34.9 Å². The molecule has 0 bridgehead atoms. The monoisotopic (exact) mass is 298 g/mol. The van der Waals surface area contributed by atoms with E-state index in [-0.39, 0.29) is 6.03 Å². The van der Waals surface area contributed by atoms with Crippen LogP contribution in [0.25, 0.3) is 0 Å². The van der Waals surface area contributed by atoms with Crippen molar-refractivity contribution < 1.29 is 4.79 Å². The predicted molar refractivity (Wildman–Crippen MR) is 75.5 cm³/mol. The summed E-state index contributed by atoms with van der Waals surface area (Å²) in [7, 11) is 1.67. The van der Waals surface area contributed by atoms with Crippen LogP contribution in [0.5, 0.6) is 0 Å². The van der Waals surface area contributed by atoms with E-state index in [9.17, 15) is 4.79 Å². The van der Waals surface area contributed by atoms with Gasteiger partial charge in [0, 0.05) is 35.2 Å². The summed E-state index contributed by atoms with van der Waals surface area (Å²) in [6.07, 6.45) is 3.34. The van der Waals surface area contributed by atoms with Crippen molar-refractivity contribution in [3.05, 3.63) is 46.5 Å². The number of nitrogens with one attached hydrogen (secondary N) is 2. The molecule has 19 heavy (non-hydrogen) atoms. The molecule has 2 aromatic rings. The molecule has 7 heteroatoms. The lowest BCUT2D eigenvalue weighted by molar-refractivity contribution is 0.219. The number of anilines is 1. The third-order valence-corrected chi connectivity index (χ3v) is 2.84. The van der Waals surface area contributed by atoms with Gasteiger partial charge in [-0.2, -0.15) is 0 Å². The van der Waals surface area contributed by atoms with Gasteiger partial charge in [0.1, 0.15) is 5.82 Å². The fourth-order valence-corrected chi connectivity index (χ4v) is 2.05. The highest BCUT2D eigenvalue weighted by Gasteiger charge is 2.11. The first kappa shape index (κ1) is 13.7. The normalized spacial score (nSPS) is 10.3. The fourth-order valence-electron chi connectivity index (χ4n) is 1.53. The van der Waals surface area contributed by atoms with E-state index in [1.54, 1.807) is 37.6 Å². The lowest BCUT2D eigenvalue weighted by Gasteiger charge is -2.17. The van der Waals surface area contributed by atoms with Crippen molar-refractivity contribution in [1.29, 1.82) is 0 Å². The molecule has 0 saturated heterocycles. The number of hydrogen-bond donors (Lipinski definition) is 2. The molecule has 1 heterocycles. The molecule has 100 valence electrons. The van der Waals surface area contributed by atoms with Gasteiger partial charge in [0.2, 0.25) is 0 Å². The van der Waals surface area contributed by atoms with Crippen molar-refractivity contribution in [2.45, 2.75) is 6.54 Å². The average Bonchev–Trinajstić information content (AvgIpc) is 2.80. The second-order valence-electron chi connectivity index (χ2n) is 3.98. The first-order chi connectivity index (χ1) is 9.04. The van der Waals surface area contributed by atoms with Crippen LogP contribution in [-0.2, 0) is 6.54 Å². The number of rotatable bonds is 3. The van der Waals surface area contributed by atoms with Crippen LogP contribution in [-0.4, -0.2) is 27.9 Å². The molecule has 0 radical (unpaired) electrons. The molecule has 0 unspecified atom stereocenters. The molecule has 2 N–H and O–H groups in total. The first-order valence-corrected chi connectivity index (χ1v) is 6.26. The quantitative estimate of drug-likeness (QED) is 0.912. The number of hydrogen-bond acceptors (Lipinski definition) is 2. The summed E-state index contributed by atoms with van der Waals surface area (Å²) < 4.78 is 0. The van der Waals surface area contributed by atoms with Gasteiger partial charge >= 0.3 is 6.03 Å². The highest BCUT2D eigenvalue weighted by atomic mass is 35.5. The van der Waals surface area contributed by atoms with Crippen molar-refractivity contribution in [3.8, 4) is 0 Å². The number of amides is 2. The zero-order valence-electron chi connectivity index (χ0n) is 10.2. The number of carbonyl (C=O) groups is 1. The number of carbonyl (C=O) groups excluding carboxylic acids is 1. The fraction of sp³-hybridized carbons (Fsp3) is 0.167. The second kappa shape index (κ2) is 5.95. The van der Waals surface area contributed by atoms with E-state index in [4.69, 9.17) is 23.2 Å². The molecule has 5 nitrogen and oxygen atoms in total. The van der Waals surface area contributed by atoms with Gasteiger partial charge in [0.05, 0.1) is 6.54 Å². The molecule has 1 aromatic heterocycles. The number of nitrogens with zero attached hydrogens (tertiary/aromatic N) is 2. The topological polar surface area (TPSA) is 61.0 Å². The van der Waals surface area contributed by atoms with Crippen LogP contribution < -0.4 is 5.32 Å². The highest BCUT2D eigenvalue weighted by molar-refractivity contribution is 6.35. The minimum absolute atomic E-state index is 0.269. The van der Waals surface area contributed by atoms with Crippen molar-refractivity contribution in [2.75, 3.05) is 12.4 Å². The number of imidazole rings is 1. The number of halogens is 2. The molecule has 0 aliphatic rings. The van der Waals surface area contributed by atoms with Gasteiger partial charge < -0.3 is 15.2 Å². The summed E-state index contributed by atoms with van der Waals surface area (Å²) in [6.45, 7) is 0.382. The summed E-state index contributed by atoms with van der Waals surface area (Å²) in [4.78, 5) is 20.4. The Bertz CT molecular complexity index is 551. The molecule has 0 saturated carbocycles. The zero-order valence-corrected chi connectivity index (χ0v) is 11.7. The second-order valence-corrected chi connectivity index (χ2v) is 4.85. The third kappa shape index (κ3) is 3.87. The number of aromatic amines is 1. The van der Waals surface area contributed by atoms with Gasteiger partial charge in [0.25, 0.3) is 0 Å². The molecule has 2 rings (SSSR count). The van der Waals surface area contributed by atoms with Gasteiger partial charge in [-0.1, -0.05) is 23.2 Å². The SMILES string of the molecule is CN(Cc1ncc[nH]1)C(=O)Nc1cc(Cl)cc(Cl)c1. The Morgan fingerprint density at radius 1 is 1.37 bits per heavy atom. The van der Waals surface area contributed by atoms with Gasteiger partial charge in [-0.3, -0.25) is 0 Å². The largest absolute Gasteiger partial charge is 0.347 e. The van der Waals surface area contributed by atoms with Gasteiger partial charge in [0.15, 0.2) is 0 Å². The lowest BCUT2D eigenvalue weighted by atomic mass is 10.3. The maximum atomic E-state index is 11.9. The van der Waals surface area contributed by atoms with Crippen molar-refractivity contribution in [1.82, 2.24) is 14.9 Å². The Balaban J connectivity index is 2.00. The zero-order chi connectivity index (χ0) is 13.8. The van der Waals surface area contributed by atoms with E-state index >= 15 is 0 Å². The van der Waals surface area contributed by atoms with Crippen LogP contribution in [0, 0.1) is 0 Å². The Labute approximate surface area is 120 Å². The summed E-state index contributed by atoms with van der Waals surface area (Å²) in [5.41, 5.74) is 0.550. The maximum absolute atomic E-state index is 11.9. The van der Waals surface area contributed by atoms with E-state index in [0.717, 1.165) is 0 Å². The molecule has 2 amide bonds. The number of benzene rings is 1. The van der Waals surface area contributed by atoms with E-state index in [2.05, 4.69) is 15.3 Å². The van der Waals surface area contributed by atoms with Crippen molar-refractivity contribution in [2.24, 2.45) is 0 Å². The minimum Gasteiger partial charge on any atom is -0.347 e. The Morgan fingerprint density at radius 2 is 2.05 bits per heavy atom. The van der Waals surface area contributed by atoms with Gasteiger partial charge in [-0.05, 0) is 18.2 Å². The molecule has 0 aliphatic heterocycles.